The van der Waals surface area contributed by atoms with Crippen molar-refractivity contribution in [3.05, 3.63) is 52.2 Å². The Kier molecular flexibility index (Phi) is 4.11. The van der Waals surface area contributed by atoms with E-state index in [1.54, 1.807) is 6.07 Å². The van der Waals surface area contributed by atoms with Crippen molar-refractivity contribution in [3.8, 4) is 5.75 Å². The molecule has 0 fully saturated rings. The van der Waals surface area contributed by atoms with Crippen molar-refractivity contribution in [2.24, 2.45) is 0 Å². The van der Waals surface area contributed by atoms with E-state index < -0.39 is 12.5 Å². The average Bonchev–Trinajstić information content (AvgIpc) is 2.80. The molecule has 0 aliphatic heterocycles. The van der Waals surface area contributed by atoms with Gasteiger partial charge in [0.05, 0.1) is 6.10 Å². The van der Waals surface area contributed by atoms with Gasteiger partial charge in [0.15, 0.2) is 0 Å². The molecule has 0 bridgehead atoms. The lowest BCUT2D eigenvalue weighted by molar-refractivity contribution is -0.274. The number of aliphatic hydroxyl groups excluding tert-OH is 1. The molecule has 1 aromatic heterocycles. The van der Waals surface area contributed by atoms with Gasteiger partial charge in [0.1, 0.15) is 5.75 Å². The first-order chi connectivity index (χ1) is 8.94. The topological polar surface area (TPSA) is 29.5 Å². The third-order valence-electron chi connectivity index (χ3n) is 2.49. The molecular formula is C13H11F3O2S. The van der Waals surface area contributed by atoms with Crippen molar-refractivity contribution in [2.75, 3.05) is 0 Å². The lowest BCUT2D eigenvalue weighted by atomic mass is 10.0. The van der Waals surface area contributed by atoms with Crippen LogP contribution in [0.25, 0.3) is 0 Å². The molecule has 1 aromatic carbocycles. The summed E-state index contributed by atoms with van der Waals surface area (Å²) < 4.78 is 40.1. The number of thiophene rings is 1. The summed E-state index contributed by atoms with van der Waals surface area (Å²) in [6.07, 6.45) is -5.22. The largest absolute Gasteiger partial charge is 0.573 e. The number of alkyl halides is 3. The summed E-state index contributed by atoms with van der Waals surface area (Å²) in [7, 11) is 0. The highest BCUT2D eigenvalue weighted by molar-refractivity contribution is 7.07. The van der Waals surface area contributed by atoms with Crippen molar-refractivity contribution in [3.63, 3.8) is 0 Å². The van der Waals surface area contributed by atoms with Gasteiger partial charge in [-0.25, -0.2) is 0 Å². The minimum atomic E-state index is -4.73. The van der Waals surface area contributed by atoms with Gasteiger partial charge < -0.3 is 9.84 Å². The minimum absolute atomic E-state index is 0.325. The molecule has 0 spiro atoms. The fourth-order valence-corrected chi connectivity index (χ4v) is 2.35. The third kappa shape index (κ3) is 4.25. The minimum Gasteiger partial charge on any atom is -0.406 e. The molecule has 0 radical (unpaired) electrons. The van der Waals surface area contributed by atoms with Crippen LogP contribution in [0.3, 0.4) is 0 Å². The highest BCUT2D eigenvalue weighted by Crippen LogP contribution is 2.27. The van der Waals surface area contributed by atoms with E-state index in [0.717, 1.165) is 5.56 Å². The highest BCUT2D eigenvalue weighted by atomic mass is 32.1. The van der Waals surface area contributed by atoms with Crippen molar-refractivity contribution < 1.29 is 23.0 Å². The first-order valence-electron chi connectivity index (χ1n) is 5.49. The zero-order valence-corrected chi connectivity index (χ0v) is 10.5. The monoisotopic (exact) mass is 288 g/mol. The van der Waals surface area contributed by atoms with Crippen LogP contribution in [0.1, 0.15) is 17.2 Å². The maximum absolute atomic E-state index is 12.1. The van der Waals surface area contributed by atoms with Crippen LogP contribution in [0.15, 0.2) is 41.1 Å². The van der Waals surface area contributed by atoms with Crippen molar-refractivity contribution >= 4 is 11.3 Å². The number of ether oxygens (including phenoxy) is 1. The lowest BCUT2D eigenvalue weighted by Gasteiger charge is -2.13. The van der Waals surface area contributed by atoms with E-state index in [1.165, 1.54) is 29.5 Å². The van der Waals surface area contributed by atoms with Crippen LogP contribution in [0.4, 0.5) is 13.2 Å². The number of hydrogen-bond acceptors (Lipinski definition) is 3. The molecule has 1 N–H and O–H groups in total. The Morgan fingerprint density at radius 2 is 2.05 bits per heavy atom. The van der Waals surface area contributed by atoms with Gasteiger partial charge >= 0.3 is 6.36 Å². The molecule has 0 aliphatic carbocycles. The quantitative estimate of drug-likeness (QED) is 0.924. The fraction of sp³-hybridized carbons (Fsp3) is 0.231. The standard InChI is InChI=1S/C13H11F3O2S/c14-13(15,16)18-11-3-1-2-10(7-11)12(17)6-9-4-5-19-8-9/h1-5,7-8,12,17H,6H2. The SMILES string of the molecule is OC(Cc1ccsc1)c1cccc(OC(F)(F)F)c1. The summed E-state index contributed by atoms with van der Waals surface area (Å²) in [4.78, 5) is 0. The van der Waals surface area contributed by atoms with E-state index >= 15 is 0 Å². The van der Waals surface area contributed by atoms with Gasteiger partial charge in [0, 0.05) is 6.42 Å². The number of halogens is 3. The van der Waals surface area contributed by atoms with Gasteiger partial charge in [-0.1, -0.05) is 12.1 Å². The second-order valence-electron chi connectivity index (χ2n) is 3.97. The van der Waals surface area contributed by atoms with Gasteiger partial charge in [-0.2, -0.15) is 11.3 Å². The predicted octanol–water partition coefficient (Wildman–Crippen LogP) is 3.92. The number of benzene rings is 1. The maximum atomic E-state index is 12.1. The smallest absolute Gasteiger partial charge is 0.406 e. The van der Waals surface area contributed by atoms with E-state index in [-0.39, 0.29) is 5.75 Å². The summed E-state index contributed by atoms with van der Waals surface area (Å²) >= 11 is 1.50. The van der Waals surface area contributed by atoms with E-state index in [1.807, 2.05) is 16.8 Å². The second kappa shape index (κ2) is 5.63. The van der Waals surface area contributed by atoms with E-state index in [2.05, 4.69) is 4.74 Å². The van der Waals surface area contributed by atoms with Gasteiger partial charge in [0.2, 0.25) is 0 Å². The fourth-order valence-electron chi connectivity index (χ4n) is 1.67. The van der Waals surface area contributed by atoms with Crippen LogP contribution in [-0.2, 0) is 6.42 Å². The summed E-state index contributed by atoms with van der Waals surface area (Å²) in [5, 5.41) is 13.8. The van der Waals surface area contributed by atoms with Gasteiger partial charge in [-0.15, -0.1) is 13.2 Å². The Bertz CT molecular complexity index is 523. The van der Waals surface area contributed by atoms with Crippen LogP contribution in [0.2, 0.25) is 0 Å². The third-order valence-corrected chi connectivity index (χ3v) is 3.22. The van der Waals surface area contributed by atoms with Gasteiger partial charge in [-0.05, 0) is 40.1 Å². The Labute approximate surface area is 112 Å². The Morgan fingerprint density at radius 1 is 1.26 bits per heavy atom. The molecule has 1 atom stereocenters. The number of hydrogen-bond donors (Lipinski definition) is 1. The molecular weight excluding hydrogens is 277 g/mol. The van der Waals surface area contributed by atoms with Gasteiger partial charge in [-0.3, -0.25) is 0 Å². The van der Waals surface area contributed by atoms with Crippen LogP contribution >= 0.6 is 11.3 Å². The molecule has 2 aromatic rings. The summed E-state index contributed by atoms with van der Waals surface area (Å²) in [5.41, 5.74) is 1.34. The van der Waals surface area contributed by atoms with E-state index in [4.69, 9.17) is 0 Å². The Balaban J connectivity index is 2.09. The molecule has 1 unspecified atom stereocenters. The lowest BCUT2D eigenvalue weighted by Crippen LogP contribution is -2.17. The number of aliphatic hydroxyl groups is 1. The molecule has 0 saturated carbocycles. The van der Waals surface area contributed by atoms with E-state index in [9.17, 15) is 18.3 Å². The van der Waals surface area contributed by atoms with Crippen LogP contribution in [0.5, 0.6) is 5.75 Å². The normalized spacial score (nSPS) is 13.3. The van der Waals surface area contributed by atoms with Gasteiger partial charge in [0.25, 0.3) is 0 Å². The molecule has 0 saturated heterocycles. The molecule has 0 amide bonds. The summed E-state index contributed by atoms with van der Waals surface area (Å²) in [5.74, 6) is -0.325. The van der Waals surface area contributed by atoms with Crippen molar-refractivity contribution in [1.29, 1.82) is 0 Å². The van der Waals surface area contributed by atoms with Crippen molar-refractivity contribution in [2.45, 2.75) is 18.9 Å². The zero-order chi connectivity index (χ0) is 13.9. The summed E-state index contributed by atoms with van der Waals surface area (Å²) in [6, 6.07) is 7.26. The van der Waals surface area contributed by atoms with Crippen LogP contribution < -0.4 is 4.74 Å². The molecule has 1 heterocycles. The van der Waals surface area contributed by atoms with E-state index in [0.29, 0.717) is 12.0 Å². The second-order valence-corrected chi connectivity index (χ2v) is 4.75. The average molecular weight is 288 g/mol. The first-order valence-corrected chi connectivity index (χ1v) is 6.43. The molecule has 19 heavy (non-hydrogen) atoms. The Hall–Kier alpha value is -1.53. The Morgan fingerprint density at radius 3 is 2.68 bits per heavy atom. The molecule has 2 rings (SSSR count). The maximum Gasteiger partial charge on any atom is 0.573 e. The molecule has 0 aliphatic rings. The molecule has 2 nitrogen and oxygen atoms in total. The van der Waals surface area contributed by atoms with Crippen LogP contribution in [0, 0.1) is 0 Å². The molecule has 6 heteroatoms. The zero-order valence-electron chi connectivity index (χ0n) is 9.72. The van der Waals surface area contributed by atoms with Crippen LogP contribution in [-0.4, -0.2) is 11.5 Å². The highest BCUT2D eigenvalue weighted by Gasteiger charge is 2.31. The predicted molar refractivity (Wildman–Crippen MR) is 66.1 cm³/mol. The summed E-state index contributed by atoms with van der Waals surface area (Å²) in [6.45, 7) is 0. The van der Waals surface area contributed by atoms with Crippen molar-refractivity contribution in [1.82, 2.24) is 0 Å². The number of rotatable bonds is 4. The molecule has 102 valence electrons. The first kappa shape index (κ1) is 13.9.